The van der Waals surface area contributed by atoms with Crippen LogP contribution in [0.3, 0.4) is 0 Å². The van der Waals surface area contributed by atoms with Gasteiger partial charge in [-0.3, -0.25) is 9.59 Å². The normalized spacial score (nSPS) is 14.0. The van der Waals surface area contributed by atoms with Gasteiger partial charge in [0.25, 0.3) is 11.5 Å². The fourth-order valence-corrected chi connectivity index (χ4v) is 2.30. The predicted octanol–water partition coefficient (Wildman–Crippen LogP) is 2.71. The van der Waals surface area contributed by atoms with Crippen LogP contribution in [-0.2, 0) is 6.18 Å². The summed E-state index contributed by atoms with van der Waals surface area (Å²) in [6.45, 7) is 3.22. The largest absolute Gasteiger partial charge is 0.416 e. The summed E-state index contributed by atoms with van der Waals surface area (Å²) in [6.07, 6.45) is -4.46. The number of rotatable bonds is 4. The minimum absolute atomic E-state index is 0.0160. The molecule has 1 aromatic heterocycles. The zero-order valence-electron chi connectivity index (χ0n) is 13.0. The first kappa shape index (κ1) is 17.7. The van der Waals surface area contributed by atoms with Crippen LogP contribution in [0.15, 0.2) is 41.2 Å². The molecule has 0 unspecified atom stereocenters. The van der Waals surface area contributed by atoms with Crippen molar-refractivity contribution in [2.45, 2.75) is 32.0 Å². The molecule has 0 radical (unpaired) electrons. The van der Waals surface area contributed by atoms with Gasteiger partial charge < -0.3 is 5.32 Å². The molecule has 0 fully saturated rings. The number of H-pyrrole nitrogens is 1. The van der Waals surface area contributed by atoms with E-state index >= 15 is 0 Å². The predicted molar refractivity (Wildman–Crippen MR) is 81.6 cm³/mol. The Hall–Kier alpha value is -2.64. The Morgan fingerprint density at radius 2 is 1.83 bits per heavy atom. The van der Waals surface area contributed by atoms with E-state index in [4.69, 9.17) is 0 Å². The van der Waals surface area contributed by atoms with Gasteiger partial charge in [-0.2, -0.15) is 18.3 Å². The summed E-state index contributed by atoms with van der Waals surface area (Å²) in [5.74, 6) is -1.15. The van der Waals surface area contributed by atoms with E-state index in [1.165, 1.54) is 24.3 Å². The molecule has 8 heteroatoms. The summed E-state index contributed by atoms with van der Waals surface area (Å²) in [5.41, 5.74) is -1.09. The summed E-state index contributed by atoms with van der Waals surface area (Å²) in [6, 6.07) is 7.09. The van der Waals surface area contributed by atoms with Gasteiger partial charge in [-0.1, -0.05) is 25.1 Å². The molecule has 0 aliphatic carbocycles. The van der Waals surface area contributed by atoms with Crippen molar-refractivity contribution in [1.82, 2.24) is 15.5 Å². The van der Waals surface area contributed by atoms with Crippen LogP contribution in [0.25, 0.3) is 0 Å². The highest BCUT2D eigenvalue weighted by Crippen LogP contribution is 2.35. The Balaban J connectivity index is 2.18. The van der Waals surface area contributed by atoms with Crippen LogP contribution < -0.4 is 10.9 Å². The van der Waals surface area contributed by atoms with E-state index in [0.717, 1.165) is 12.1 Å². The molecule has 128 valence electrons. The van der Waals surface area contributed by atoms with Crippen LogP contribution in [0.4, 0.5) is 13.2 Å². The van der Waals surface area contributed by atoms with Gasteiger partial charge in [-0.05, 0) is 24.6 Å². The Bertz CT molecular complexity index is 766. The van der Waals surface area contributed by atoms with Crippen LogP contribution in [-0.4, -0.2) is 22.1 Å². The van der Waals surface area contributed by atoms with Crippen LogP contribution in [0.1, 0.15) is 41.4 Å². The van der Waals surface area contributed by atoms with Crippen molar-refractivity contribution in [3.8, 4) is 0 Å². The number of benzene rings is 1. The zero-order chi connectivity index (χ0) is 17.9. The molecular weight excluding hydrogens is 323 g/mol. The molecular formula is C16H16F3N3O2. The van der Waals surface area contributed by atoms with E-state index < -0.39 is 35.2 Å². The fraction of sp³-hybridized carbons (Fsp3) is 0.312. The second-order valence-corrected chi connectivity index (χ2v) is 5.44. The molecule has 1 heterocycles. The topological polar surface area (TPSA) is 74.8 Å². The fourth-order valence-electron chi connectivity index (χ4n) is 2.30. The molecule has 5 nitrogen and oxygen atoms in total. The van der Waals surface area contributed by atoms with Crippen molar-refractivity contribution in [1.29, 1.82) is 0 Å². The molecule has 2 N–H and O–H groups in total. The van der Waals surface area contributed by atoms with Crippen molar-refractivity contribution in [2.24, 2.45) is 0 Å². The molecule has 1 amide bonds. The number of carbonyl (C=O) groups is 1. The second kappa shape index (κ2) is 6.86. The quantitative estimate of drug-likeness (QED) is 0.899. The number of carbonyl (C=O) groups excluding carboxylic acids is 1. The first-order valence-corrected chi connectivity index (χ1v) is 7.23. The Kier molecular flexibility index (Phi) is 5.06. The molecule has 24 heavy (non-hydrogen) atoms. The first-order valence-electron chi connectivity index (χ1n) is 7.23. The Morgan fingerprint density at radius 1 is 1.17 bits per heavy atom. The lowest BCUT2D eigenvalue weighted by Crippen LogP contribution is -2.37. The smallest absolute Gasteiger partial charge is 0.348 e. The third kappa shape index (κ3) is 4.01. The molecule has 0 saturated heterocycles. The number of halogens is 3. The highest BCUT2D eigenvalue weighted by molar-refractivity contribution is 5.92. The van der Waals surface area contributed by atoms with Crippen molar-refractivity contribution < 1.29 is 18.0 Å². The van der Waals surface area contributed by atoms with Gasteiger partial charge in [0.2, 0.25) is 0 Å². The van der Waals surface area contributed by atoms with Gasteiger partial charge in [0, 0.05) is 18.0 Å². The van der Waals surface area contributed by atoms with E-state index in [9.17, 15) is 22.8 Å². The van der Waals surface area contributed by atoms with Crippen LogP contribution in [0.2, 0.25) is 0 Å². The molecule has 2 aromatic rings. The summed E-state index contributed by atoms with van der Waals surface area (Å²) in [7, 11) is 0. The Labute approximate surface area is 135 Å². The number of alkyl halides is 3. The van der Waals surface area contributed by atoms with Crippen molar-refractivity contribution in [3.63, 3.8) is 0 Å². The van der Waals surface area contributed by atoms with E-state index in [1.807, 2.05) is 0 Å². The second-order valence-electron chi connectivity index (χ2n) is 5.44. The zero-order valence-corrected chi connectivity index (χ0v) is 13.0. The lowest BCUT2D eigenvalue weighted by atomic mass is 9.90. The average Bonchev–Trinajstić information content (AvgIpc) is 2.53. The van der Waals surface area contributed by atoms with Gasteiger partial charge in [-0.15, -0.1) is 0 Å². The molecule has 0 saturated carbocycles. The van der Waals surface area contributed by atoms with Crippen molar-refractivity contribution in [2.75, 3.05) is 0 Å². The van der Waals surface area contributed by atoms with Crippen molar-refractivity contribution in [3.05, 3.63) is 63.6 Å². The average molecular weight is 339 g/mol. The van der Waals surface area contributed by atoms with Gasteiger partial charge in [0.15, 0.2) is 0 Å². The SMILES string of the molecule is C[C@@H](NC(=O)c1ccc(=O)[nH]n1)[C@@H](C)c1ccccc1C(F)(F)F. The van der Waals surface area contributed by atoms with E-state index in [-0.39, 0.29) is 11.3 Å². The number of hydrogen-bond donors (Lipinski definition) is 2. The molecule has 0 spiro atoms. The summed E-state index contributed by atoms with van der Waals surface area (Å²) >= 11 is 0. The minimum Gasteiger partial charge on any atom is -0.348 e. The molecule has 0 aliphatic heterocycles. The van der Waals surface area contributed by atoms with Crippen molar-refractivity contribution >= 4 is 5.91 Å². The van der Waals surface area contributed by atoms with E-state index in [0.29, 0.717) is 0 Å². The Morgan fingerprint density at radius 3 is 2.42 bits per heavy atom. The summed E-state index contributed by atoms with van der Waals surface area (Å²) in [5, 5.41) is 8.32. The van der Waals surface area contributed by atoms with Gasteiger partial charge in [0.1, 0.15) is 5.69 Å². The third-order valence-corrected chi connectivity index (χ3v) is 3.78. The summed E-state index contributed by atoms with van der Waals surface area (Å²) in [4.78, 5) is 23.0. The van der Waals surface area contributed by atoms with Gasteiger partial charge in [-0.25, -0.2) is 5.10 Å². The number of aromatic nitrogens is 2. The maximum Gasteiger partial charge on any atom is 0.416 e. The summed E-state index contributed by atoms with van der Waals surface area (Å²) < 4.78 is 39.3. The molecule has 2 atom stereocenters. The molecule has 1 aromatic carbocycles. The highest BCUT2D eigenvalue weighted by Gasteiger charge is 2.35. The third-order valence-electron chi connectivity index (χ3n) is 3.78. The molecule has 0 bridgehead atoms. The molecule has 2 rings (SSSR count). The monoisotopic (exact) mass is 339 g/mol. The van der Waals surface area contributed by atoms with Crippen LogP contribution in [0, 0.1) is 0 Å². The lowest BCUT2D eigenvalue weighted by molar-refractivity contribution is -0.138. The highest BCUT2D eigenvalue weighted by atomic mass is 19.4. The standard InChI is InChI=1S/C16H16F3N3O2/c1-9(11-5-3-4-6-12(11)16(17,18)19)10(2)20-15(24)13-7-8-14(23)22-21-13/h3-10H,1-2H3,(H,20,24)(H,22,23)/t9-,10-/m1/s1. The number of nitrogens with one attached hydrogen (secondary N) is 2. The number of nitrogens with zero attached hydrogens (tertiary/aromatic N) is 1. The maximum atomic E-state index is 13.1. The minimum atomic E-state index is -4.46. The van der Waals surface area contributed by atoms with Gasteiger partial charge in [0.05, 0.1) is 5.56 Å². The number of aromatic amines is 1. The lowest BCUT2D eigenvalue weighted by Gasteiger charge is -2.24. The number of hydrogen-bond acceptors (Lipinski definition) is 3. The maximum absolute atomic E-state index is 13.1. The first-order chi connectivity index (χ1) is 11.2. The van der Waals surface area contributed by atoms with E-state index in [2.05, 4.69) is 15.5 Å². The van der Waals surface area contributed by atoms with E-state index in [1.54, 1.807) is 13.8 Å². The molecule has 0 aliphatic rings. The van der Waals surface area contributed by atoms with Crippen LogP contribution >= 0.6 is 0 Å². The van der Waals surface area contributed by atoms with Crippen LogP contribution in [0.5, 0.6) is 0 Å². The van der Waals surface area contributed by atoms with Gasteiger partial charge >= 0.3 is 6.18 Å². The number of amides is 1.